The number of nitrogens with zero attached hydrogens (tertiary/aromatic N) is 5. The van der Waals surface area contributed by atoms with Crippen molar-refractivity contribution in [1.82, 2.24) is 25.0 Å². The van der Waals surface area contributed by atoms with Crippen molar-refractivity contribution in [2.75, 3.05) is 51.1 Å². The van der Waals surface area contributed by atoms with E-state index in [2.05, 4.69) is 102 Å². The fourth-order valence-corrected chi connectivity index (χ4v) is 5.37. The molecule has 7 nitrogen and oxygen atoms in total. The number of aryl methyl sites for hydroxylation is 1. The van der Waals surface area contributed by atoms with Crippen molar-refractivity contribution < 1.29 is 0 Å². The van der Waals surface area contributed by atoms with E-state index in [1.165, 1.54) is 29.5 Å². The lowest BCUT2D eigenvalue weighted by molar-refractivity contribution is 0.226. The van der Waals surface area contributed by atoms with Gasteiger partial charge in [-0.1, -0.05) is 23.8 Å². The van der Waals surface area contributed by atoms with Gasteiger partial charge in [-0.05, 0) is 65.6 Å². The highest BCUT2D eigenvalue weighted by molar-refractivity contribution is 5.75. The second kappa shape index (κ2) is 10.9. The highest BCUT2D eigenvalue weighted by Crippen LogP contribution is 2.39. The highest BCUT2D eigenvalue weighted by Gasteiger charge is 2.31. The molecule has 2 aliphatic heterocycles. The van der Waals surface area contributed by atoms with Crippen LogP contribution in [0, 0.1) is 6.92 Å². The molecular formula is C28H43N7. The van der Waals surface area contributed by atoms with E-state index in [4.69, 9.17) is 5.10 Å². The van der Waals surface area contributed by atoms with E-state index >= 15 is 0 Å². The summed E-state index contributed by atoms with van der Waals surface area (Å²) in [7, 11) is 6.20. The Labute approximate surface area is 211 Å². The molecule has 0 spiro atoms. The van der Waals surface area contributed by atoms with Gasteiger partial charge in [0.15, 0.2) is 0 Å². The maximum absolute atomic E-state index is 5.15. The normalized spacial score (nSPS) is 20.7. The Kier molecular flexibility index (Phi) is 7.87. The summed E-state index contributed by atoms with van der Waals surface area (Å²) in [4.78, 5) is 2.48. The van der Waals surface area contributed by atoms with Gasteiger partial charge in [-0.25, -0.2) is 9.69 Å². The van der Waals surface area contributed by atoms with Crippen LogP contribution in [0.3, 0.4) is 0 Å². The molecule has 2 N–H and O–H groups in total. The molecule has 0 aliphatic carbocycles. The number of allylic oxidation sites excluding steroid dienone is 1. The van der Waals surface area contributed by atoms with E-state index in [1.807, 2.05) is 7.05 Å². The maximum Gasteiger partial charge on any atom is 0.146 e. The van der Waals surface area contributed by atoms with Crippen molar-refractivity contribution in [3.05, 3.63) is 53.2 Å². The number of benzene rings is 1. The molecule has 0 saturated carbocycles. The Bertz CT molecular complexity index is 1070. The van der Waals surface area contributed by atoms with Crippen molar-refractivity contribution in [3.63, 3.8) is 0 Å². The lowest BCUT2D eigenvalue weighted by Gasteiger charge is -2.38. The van der Waals surface area contributed by atoms with Crippen LogP contribution >= 0.6 is 0 Å². The minimum atomic E-state index is 0.212. The number of aromatic nitrogens is 2. The maximum atomic E-state index is 5.15. The molecule has 7 heteroatoms. The zero-order chi connectivity index (χ0) is 25.1. The standard InChI is InChI=1S/C28H43N7/c1-20(2)18-35-28(32(7)33-15-13-23(19-33)29-5)17-26(31-35)27-10-8-9-14-34(27)22(4)24-16-21(3)11-12-25(24)30-6/h11-12,16-18,23,27,29-30H,4,8-10,13-15,19H2,1-3,5-7H3. The van der Waals surface area contributed by atoms with Crippen molar-refractivity contribution >= 4 is 23.4 Å². The first kappa shape index (κ1) is 25.3. The van der Waals surface area contributed by atoms with Gasteiger partial charge in [-0.15, -0.1) is 0 Å². The van der Waals surface area contributed by atoms with E-state index in [-0.39, 0.29) is 6.04 Å². The lowest BCUT2D eigenvalue weighted by Crippen LogP contribution is -2.41. The Hall–Kier alpha value is -2.77. The van der Waals surface area contributed by atoms with Crippen LogP contribution in [0.2, 0.25) is 0 Å². The third-order valence-electron chi connectivity index (χ3n) is 7.39. The van der Waals surface area contributed by atoms with Crippen LogP contribution in [0.25, 0.3) is 11.9 Å². The number of hydrogen-bond donors (Lipinski definition) is 2. The van der Waals surface area contributed by atoms with Gasteiger partial charge in [0.2, 0.25) is 0 Å². The molecule has 1 aromatic carbocycles. The van der Waals surface area contributed by atoms with Gasteiger partial charge in [0.25, 0.3) is 0 Å². The van der Waals surface area contributed by atoms with Crippen LogP contribution in [-0.4, -0.2) is 66.5 Å². The van der Waals surface area contributed by atoms with Gasteiger partial charge in [-0.2, -0.15) is 5.10 Å². The molecule has 1 aromatic heterocycles. The number of likely N-dealkylation sites (N-methyl/N-ethyl adjacent to an activating group) is 1. The van der Waals surface area contributed by atoms with Crippen LogP contribution in [0.15, 0.2) is 36.4 Å². The fraction of sp³-hybridized carbons (Fsp3) is 0.536. The van der Waals surface area contributed by atoms with E-state index in [0.717, 1.165) is 55.4 Å². The number of hydrazine groups is 1. The van der Waals surface area contributed by atoms with Gasteiger partial charge >= 0.3 is 0 Å². The zero-order valence-corrected chi connectivity index (χ0v) is 22.4. The summed E-state index contributed by atoms with van der Waals surface area (Å²) < 4.78 is 2.07. The first-order chi connectivity index (χ1) is 16.8. The molecule has 0 bridgehead atoms. The molecule has 2 saturated heterocycles. The summed E-state index contributed by atoms with van der Waals surface area (Å²) in [6.07, 6.45) is 6.77. The lowest BCUT2D eigenvalue weighted by atomic mass is 9.96. The molecule has 0 amide bonds. The summed E-state index contributed by atoms with van der Waals surface area (Å²) in [6, 6.07) is 9.58. The summed E-state index contributed by atoms with van der Waals surface area (Å²) in [6.45, 7) is 14.0. The molecule has 35 heavy (non-hydrogen) atoms. The number of rotatable bonds is 8. The van der Waals surface area contributed by atoms with E-state index in [0.29, 0.717) is 6.04 Å². The summed E-state index contributed by atoms with van der Waals surface area (Å²) in [5.74, 6) is 1.11. The first-order valence-electron chi connectivity index (χ1n) is 13.0. The quantitative estimate of drug-likeness (QED) is 0.561. The topological polar surface area (TPSA) is 51.6 Å². The third kappa shape index (κ3) is 5.41. The average Bonchev–Trinajstić information content (AvgIpc) is 3.50. The summed E-state index contributed by atoms with van der Waals surface area (Å²) in [5.41, 5.74) is 6.96. The second-order valence-corrected chi connectivity index (χ2v) is 10.2. The average molecular weight is 478 g/mol. The van der Waals surface area contributed by atoms with Gasteiger partial charge < -0.3 is 15.5 Å². The van der Waals surface area contributed by atoms with Crippen LogP contribution in [0.4, 0.5) is 11.5 Å². The Balaban J connectivity index is 1.68. The predicted molar refractivity (Wildman–Crippen MR) is 148 cm³/mol. The SMILES string of the molecule is C=C(c1cc(C)ccc1NC)N1CCCCC1c1cc(N(C)N2CCC(NC)C2)n(C=C(C)C)n1. The van der Waals surface area contributed by atoms with Crippen molar-refractivity contribution in [2.45, 2.75) is 58.5 Å². The minimum Gasteiger partial charge on any atom is -0.388 e. The molecule has 3 heterocycles. The van der Waals surface area contributed by atoms with E-state index in [1.54, 1.807) is 0 Å². The van der Waals surface area contributed by atoms with Crippen molar-refractivity contribution in [1.29, 1.82) is 0 Å². The Morgan fingerprint density at radius 1 is 1.14 bits per heavy atom. The monoisotopic (exact) mass is 477 g/mol. The van der Waals surface area contributed by atoms with Crippen LogP contribution in [-0.2, 0) is 0 Å². The molecule has 2 aliphatic rings. The van der Waals surface area contributed by atoms with E-state index < -0.39 is 0 Å². The second-order valence-electron chi connectivity index (χ2n) is 10.2. The van der Waals surface area contributed by atoms with Gasteiger partial charge in [0.1, 0.15) is 5.82 Å². The smallest absolute Gasteiger partial charge is 0.146 e. The molecule has 2 atom stereocenters. The highest BCUT2D eigenvalue weighted by atomic mass is 15.7. The molecule has 190 valence electrons. The molecule has 2 unspecified atom stereocenters. The number of piperidine rings is 1. The van der Waals surface area contributed by atoms with Crippen LogP contribution in [0.1, 0.15) is 62.4 Å². The largest absolute Gasteiger partial charge is 0.388 e. The van der Waals surface area contributed by atoms with Crippen LogP contribution in [0.5, 0.6) is 0 Å². The predicted octanol–water partition coefficient (Wildman–Crippen LogP) is 4.96. The van der Waals surface area contributed by atoms with Crippen molar-refractivity contribution in [2.24, 2.45) is 0 Å². The summed E-state index contributed by atoms with van der Waals surface area (Å²) >= 11 is 0. The molecular weight excluding hydrogens is 434 g/mol. The van der Waals surface area contributed by atoms with Gasteiger partial charge in [-0.3, -0.25) is 5.01 Å². The summed E-state index contributed by atoms with van der Waals surface area (Å²) in [5, 5.41) is 16.6. The number of nitrogens with one attached hydrogen (secondary N) is 2. The Morgan fingerprint density at radius 2 is 1.94 bits per heavy atom. The molecule has 4 rings (SSSR count). The first-order valence-corrected chi connectivity index (χ1v) is 13.0. The Morgan fingerprint density at radius 3 is 2.63 bits per heavy atom. The molecule has 2 aromatic rings. The van der Waals surface area contributed by atoms with E-state index in [9.17, 15) is 0 Å². The number of anilines is 2. The molecule has 0 radical (unpaired) electrons. The third-order valence-corrected chi connectivity index (χ3v) is 7.39. The van der Waals surface area contributed by atoms with Crippen molar-refractivity contribution in [3.8, 4) is 0 Å². The zero-order valence-electron chi connectivity index (χ0n) is 22.4. The van der Waals surface area contributed by atoms with Gasteiger partial charge in [0, 0.05) is 69.0 Å². The van der Waals surface area contributed by atoms with Gasteiger partial charge in [0.05, 0.1) is 11.7 Å². The number of likely N-dealkylation sites (tertiary alicyclic amines) is 1. The molecule has 2 fully saturated rings. The fourth-order valence-electron chi connectivity index (χ4n) is 5.37. The minimum absolute atomic E-state index is 0.212. The number of hydrogen-bond acceptors (Lipinski definition) is 6. The van der Waals surface area contributed by atoms with Crippen LogP contribution < -0.4 is 15.6 Å².